The molecule has 134 valence electrons. The molecule has 0 bridgehead atoms. The summed E-state index contributed by atoms with van der Waals surface area (Å²) in [5.74, 6) is -0.878. The zero-order valence-electron chi connectivity index (χ0n) is 15.4. The van der Waals surface area contributed by atoms with Crippen molar-refractivity contribution < 1.29 is 9.90 Å². The first kappa shape index (κ1) is 22.2. The quantitative estimate of drug-likeness (QED) is 0.363. The molecule has 1 N–H and O–H groups in total. The topological polar surface area (TPSA) is 37.3 Å². The van der Waals surface area contributed by atoms with Crippen molar-refractivity contribution in [2.75, 3.05) is 0 Å². The van der Waals surface area contributed by atoms with E-state index in [-0.39, 0.29) is 5.92 Å². The molecule has 0 heterocycles. The molecule has 0 saturated carbocycles. The van der Waals surface area contributed by atoms with Gasteiger partial charge in [-0.2, -0.15) is 0 Å². The average molecular weight is 331 g/mol. The molecule has 1 unspecified atom stereocenters. The zero-order valence-corrected chi connectivity index (χ0v) is 15.4. The van der Waals surface area contributed by atoms with Gasteiger partial charge in [-0.25, -0.2) is 0 Å². The molecule has 0 aromatic carbocycles. The van der Waals surface area contributed by atoms with E-state index in [0.29, 0.717) is 6.42 Å². The molecule has 0 aromatic heterocycles. The van der Waals surface area contributed by atoms with Crippen LogP contribution in [0, 0.1) is 5.92 Å². The highest BCUT2D eigenvalue weighted by Gasteiger charge is 2.12. The number of aliphatic carboxylic acids is 1. The van der Waals surface area contributed by atoms with Crippen molar-refractivity contribution >= 4 is 5.97 Å². The van der Waals surface area contributed by atoms with Gasteiger partial charge in [0.2, 0.25) is 0 Å². The van der Waals surface area contributed by atoms with Crippen LogP contribution in [0.15, 0.2) is 60.8 Å². The van der Waals surface area contributed by atoms with Gasteiger partial charge >= 0.3 is 5.97 Å². The maximum atomic E-state index is 10.9. The number of hydrogen-bond donors (Lipinski definition) is 1. The standard InChI is InChI=1S/C22H34O2/c1-3-5-6-7-8-9-10-11-12-13-14-15-16-17-18-19-20-21(4-2)22(23)24/h5-6,8-9,11-12,14-15,17-18,21H,3-4,7,10,13,16,19-20H2,1-2H3,(H,23,24)/b6-5?,9-8?,12-11?,15-14?,18-17-. The van der Waals surface area contributed by atoms with Crippen molar-refractivity contribution in [2.24, 2.45) is 5.92 Å². The lowest BCUT2D eigenvalue weighted by atomic mass is 10.0. The lowest BCUT2D eigenvalue weighted by Crippen LogP contribution is -2.11. The number of carbonyl (C=O) groups is 1. The molecule has 0 aromatic rings. The number of hydrogen-bond acceptors (Lipinski definition) is 1. The molecule has 24 heavy (non-hydrogen) atoms. The Labute approximate surface area is 148 Å². The first-order chi connectivity index (χ1) is 11.7. The van der Waals surface area contributed by atoms with Gasteiger partial charge in [-0.05, 0) is 51.4 Å². The third-order valence-corrected chi connectivity index (χ3v) is 3.68. The molecule has 0 radical (unpaired) electrons. The van der Waals surface area contributed by atoms with Gasteiger partial charge in [-0.15, -0.1) is 0 Å². The van der Waals surface area contributed by atoms with Crippen LogP contribution < -0.4 is 0 Å². The fraction of sp³-hybridized carbons (Fsp3) is 0.500. The Balaban J connectivity index is 3.61. The molecule has 0 aliphatic rings. The van der Waals surface area contributed by atoms with E-state index >= 15 is 0 Å². The van der Waals surface area contributed by atoms with E-state index in [1.54, 1.807) is 0 Å². The van der Waals surface area contributed by atoms with Crippen LogP contribution in [-0.4, -0.2) is 11.1 Å². The number of rotatable bonds is 14. The second-order valence-electron chi connectivity index (χ2n) is 5.73. The number of allylic oxidation sites excluding steroid dienone is 10. The van der Waals surface area contributed by atoms with Crippen molar-refractivity contribution in [3.8, 4) is 0 Å². The van der Waals surface area contributed by atoms with Gasteiger partial charge in [-0.1, -0.05) is 74.6 Å². The molecular formula is C22H34O2. The summed E-state index contributed by atoms with van der Waals surface area (Å²) >= 11 is 0. The zero-order chi connectivity index (χ0) is 17.9. The maximum Gasteiger partial charge on any atom is 0.306 e. The smallest absolute Gasteiger partial charge is 0.306 e. The average Bonchev–Trinajstić information content (AvgIpc) is 2.57. The van der Waals surface area contributed by atoms with Crippen LogP contribution in [0.2, 0.25) is 0 Å². The molecule has 0 aliphatic heterocycles. The van der Waals surface area contributed by atoms with Crippen molar-refractivity contribution in [2.45, 2.75) is 65.2 Å². The summed E-state index contributed by atoms with van der Waals surface area (Å²) in [4.78, 5) is 10.9. The Morgan fingerprint density at radius 2 is 1.17 bits per heavy atom. The van der Waals surface area contributed by atoms with Crippen LogP contribution in [0.5, 0.6) is 0 Å². The predicted octanol–water partition coefficient (Wildman–Crippen LogP) is 6.63. The lowest BCUT2D eigenvalue weighted by Gasteiger charge is -2.06. The van der Waals surface area contributed by atoms with Crippen LogP contribution in [0.1, 0.15) is 65.2 Å². The summed E-state index contributed by atoms with van der Waals surface area (Å²) < 4.78 is 0. The van der Waals surface area contributed by atoms with Crippen molar-refractivity contribution in [1.29, 1.82) is 0 Å². The van der Waals surface area contributed by atoms with E-state index in [1.807, 2.05) is 6.92 Å². The molecule has 0 saturated heterocycles. The first-order valence-corrected chi connectivity index (χ1v) is 9.20. The summed E-state index contributed by atoms with van der Waals surface area (Å²) in [6.45, 7) is 4.07. The molecule has 2 nitrogen and oxygen atoms in total. The van der Waals surface area contributed by atoms with E-state index in [0.717, 1.165) is 44.9 Å². The van der Waals surface area contributed by atoms with Gasteiger partial charge in [-0.3, -0.25) is 4.79 Å². The summed E-state index contributed by atoms with van der Waals surface area (Å²) in [5.41, 5.74) is 0. The molecule has 0 aliphatic carbocycles. The second-order valence-corrected chi connectivity index (χ2v) is 5.73. The van der Waals surface area contributed by atoms with Gasteiger partial charge in [0, 0.05) is 0 Å². The normalized spacial score (nSPS) is 14.1. The molecule has 0 fully saturated rings. The number of carboxylic acid groups (broad SMARTS) is 1. The van der Waals surface area contributed by atoms with Crippen LogP contribution >= 0.6 is 0 Å². The highest BCUT2D eigenvalue weighted by atomic mass is 16.4. The Hall–Kier alpha value is -1.83. The Bertz CT molecular complexity index is 439. The van der Waals surface area contributed by atoms with E-state index in [4.69, 9.17) is 5.11 Å². The first-order valence-electron chi connectivity index (χ1n) is 9.20. The summed E-state index contributed by atoms with van der Waals surface area (Å²) in [6, 6.07) is 0. The van der Waals surface area contributed by atoms with E-state index < -0.39 is 5.97 Å². The van der Waals surface area contributed by atoms with Gasteiger partial charge in [0.15, 0.2) is 0 Å². The minimum absolute atomic E-state index is 0.202. The minimum atomic E-state index is -0.676. The third-order valence-electron chi connectivity index (χ3n) is 3.68. The Kier molecular flexibility index (Phi) is 16.2. The van der Waals surface area contributed by atoms with Crippen molar-refractivity contribution in [3.05, 3.63) is 60.8 Å². The Morgan fingerprint density at radius 1 is 0.750 bits per heavy atom. The van der Waals surface area contributed by atoms with Gasteiger partial charge < -0.3 is 5.11 Å². The van der Waals surface area contributed by atoms with Crippen LogP contribution in [0.4, 0.5) is 0 Å². The van der Waals surface area contributed by atoms with Crippen molar-refractivity contribution in [3.63, 3.8) is 0 Å². The predicted molar refractivity (Wildman–Crippen MR) is 105 cm³/mol. The number of carboxylic acids is 1. The SMILES string of the molecule is CCC=CCC=CCC=CCC=CC/C=C\CCC(CC)C(=O)O. The van der Waals surface area contributed by atoms with Crippen LogP contribution in [-0.2, 0) is 4.79 Å². The molecular weight excluding hydrogens is 296 g/mol. The van der Waals surface area contributed by atoms with Crippen molar-refractivity contribution in [1.82, 2.24) is 0 Å². The van der Waals surface area contributed by atoms with E-state index in [9.17, 15) is 4.79 Å². The molecule has 1 atom stereocenters. The van der Waals surface area contributed by atoms with Crippen LogP contribution in [0.3, 0.4) is 0 Å². The molecule has 2 heteroatoms. The van der Waals surface area contributed by atoms with Gasteiger partial charge in [0.05, 0.1) is 5.92 Å². The monoisotopic (exact) mass is 330 g/mol. The maximum absolute atomic E-state index is 10.9. The summed E-state index contributed by atoms with van der Waals surface area (Å²) in [7, 11) is 0. The van der Waals surface area contributed by atoms with Gasteiger partial charge in [0.25, 0.3) is 0 Å². The van der Waals surface area contributed by atoms with Crippen LogP contribution in [0.25, 0.3) is 0 Å². The largest absolute Gasteiger partial charge is 0.481 e. The van der Waals surface area contributed by atoms with Gasteiger partial charge in [0.1, 0.15) is 0 Å². The highest BCUT2D eigenvalue weighted by molar-refractivity contribution is 5.69. The summed E-state index contributed by atoms with van der Waals surface area (Å²) in [5, 5.41) is 8.95. The second kappa shape index (κ2) is 17.5. The Morgan fingerprint density at radius 3 is 1.54 bits per heavy atom. The highest BCUT2D eigenvalue weighted by Crippen LogP contribution is 2.11. The van der Waals surface area contributed by atoms with E-state index in [2.05, 4.69) is 67.7 Å². The third kappa shape index (κ3) is 15.1. The fourth-order valence-corrected chi connectivity index (χ4v) is 2.17. The molecule has 0 rings (SSSR count). The van der Waals surface area contributed by atoms with E-state index in [1.165, 1.54) is 0 Å². The molecule has 0 spiro atoms. The summed E-state index contributed by atoms with van der Waals surface area (Å²) in [6.07, 6.45) is 29.0. The fourth-order valence-electron chi connectivity index (χ4n) is 2.17. The lowest BCUT2D eigenvalue weighted by molar-refractivity contribution is -0.142. The molecule has 0 amide bonds. The minimum Gasteiger partial charge on any atom is -0.481 e.